The maximum atomic E-state index is 12.2. The number of morpholine rings is 1. The molecule has 2 aromatic carbocycles. The van der Waals surface area contributed by atoms with Gasteiger partial charge in [-0.1, -0.05) is 24.3 Å². The fraction of sp³-hybridized carbons (Fsp3) is 0.190. The van der Waals surface area contributed by atoms with E-state index in [-0.39, 0.29) is 5.43 Å². The van der Waals surface area contributed by atoms with E-state index < -0.39 is 0 Å². The Balaban J connectivity index is 1.65. The fourth-order valence-corrected chi connectivity index (χ4v) is 4.16. The average molecular weight is 364 g/mol. The molecule has 5 heteroatoms. The molecule has 0 atom stereocenters. The van der Waals surface area contributed by atoms with Crippen molar-refractivity contribution < 1.29 is 4.74 Å². The second kappa shape index (κ2) is 7.32. The standard InChI is InChI=1S/C21H20N2O2S/c22-17-5-1-15(2-6-17)20-13-19(24)14-21(26-20)16-3-7-18(8-4-16)23-9-11-25-12-10-23/h1-8,13-14H,9-12,22H2. The average Bonchev–Trinajstić information content (AvgIpc) is 2.69. The van der Waals surface area contributed by atoms with E-state index in [0.29, 0.717) is 0 Å². The van der Waals surface area contributed by atoms with Crippen LogP contribution in [0.3, 0.4) is 0 Å². The van der Waals surface area contributed by atoms with Crippen molar-refractivity contribution in [1.82, 2.24) is 0 Å². The van der Waals surface area contributed by atoms with Crippen molar-refractivity contribution in [3.63, 3.8) is 0 Å². The Bertz CT molecular complexity index is 943. The molecule has 4 rings (SSSR count). The first-order valence-corrected chi connectivity index (χ1v) is 9.45. The van der Waals surface area contributed by atoms with Crippen LogP contribution < -0.4 is 16.1 Å². The van der Waals surface area contributed by atoms with Crippen LogP contribution in [0.15, 0.2) is 65.5 Å². The van der Waals surface area contributed by atoms with Crippen molar-refractivity contribution in [2.45, 2.75) is 0 Å². The molecule has 1 aromatic heterocycles. The Morgan fingerprint density at radius 1 is 0.846 bits per heavy atom. The van der Waals surface area contributed by atoms with Gasteiger partial charge < -0.3 is 15.4 Å². The van der Waals surface area contributed by atoms with Crippen molar-refractivity contribution in [3.05, 3.63) is 70.9 Å². The van der Waals surface area contributed by atoms with Crippen molar-refractivity contribution in [1.29, 1.82) is 0 Å². The van der Waals surface area contributed by atoms with E-state index >= 15 is 0 Å². The molecular formula is C21H20N2O2S. The summed E-state index contributed by atoms with van der Waals surface area (Å²) in [6.07, 6.45) is 0. The molecule has 0 saturated carbocycles. The summed E-state index contributed by atoms with van der Waals surface area (Å²) < 4.78 is 5.41. The highest BCUT2D eigenvalue weighted by molar-refractivity contribution is 7.18. The lowest BCUT2D eigenvalue weighted by atomic mass is 10.1. The molecule has 1 saturated heterocycles. The number of rotatable bonds is 3. The topological polar surface area (TPSA) is 55.6 Å². The number of nitrogens with two attached hydrogens (primary N) is 1. The molecule has 2 N–H and O–H groups in total. The normalized spacial score (nSPS) is 14.4. The van der Waals surface area contributed by atoms with Crippen LogP contribution in [0.2, 0.25) is 0 Å². The van der Waals surface area contributed by atoms with Gasteiger partial charge in [-0.15, -0.1) is 11.3 Å². The predicted molar refractivity (Wildman–Crippen MR) is 109 cm³/mol. The molecule has 0 spiro atoms. The summed E-state index contributed by atoms with van der Waals surface area (Å²) in [7, 11) is 0. The minimum absolute atomic E-state index is 0.0165. The van der Waals surface area contributed by atoms with E-state index in [1.165, 1.54) is 5.69 Å². The zero-order valence-corrected chi connectivity index (χ0v) is 15.2. The van der Waals surface area contributed by atoms with Crippen LogP contribution in [0, 0.1) is 0 Å². The van der Waals surface area contributed by atoms with Gasteiger partial charge in [0.25, 0.3) is 0 Å². The maximum absolute atomic E-state index is 12.2. The van der Waals surface area contributed by atoms with Crippen LogP contribution in [0.25, 0.3) is 20.9 Å². The first kappa shape index (κ1) is 16.8. The second-order valence-electron chi connectivity index (χ2n) is 6.29. The number of nitrogens with zero attached hydrogens (tertiary/aromatic N) is 1. The Labute approximate surface area is 156 Å². The van der Waals surface area contributed by atoms with Gasteiger partial charge in [-0.2, -0.15) is 0 Å². The number of anilines is 2. The van der Waals surface area contributed by atoms with E-state index in [0.717, 1.165) is 52.9 Å². The SMILES string of the molecule is Nc1ccc(-c2cc(=O)cc(-c3ccc(N4CCOCC4)cc3)s2)cc1. The molecule has 26 heavy (non-hydrogen) atoms. The van der Waals surface area contributed by atoms with Crippen LogP contribution in [-0.4, -0.2) is 26.3 Å². The van der Waals surface area contributed by atoms with Gasteiger partial charge in [-0.3, -0.25) is 4.79 Å². The molecule has 4 nitrogen and oxygen atoms in total. The van der Waals surface area contributed by atoms with Gasteiger partial charge in [0.1, 0.15) is 0 Å². The fourth-order valence-electron chi connectivity index (χ4n) is 3.07. The molecule has 1 aliphatic rings. The van der Waals surface area contributed by atoms with Crippen molar-refractivity contribution >= 4 is 22.7 Å². The molecular weight excluding hydrogens is 344 g/mol. The van der Waals surface area contributed by atoms with Crippen LogP contribution in [-0.2, 0) is 4.74 Å². The third-order valence-electron chi connectivity index (χ3n) is 4.49. The van der Waals surface area contributed by atoms with Gasteiger partial charge in [0.05, 0.1) is 13.2 Å². The smallest absolute Gasteiger partial charge is 0.181 e. The molecule has 0 bridgehead atoms. The highest BCUT2D eigenvalue weighted by Gasteiger charge is 2.11. The Kier molecular flexibility index (Phi) is 4.73. The van der Waals surface area contributed by atoms with Gasteiger partial charge in [0.15, 0.2) is 5.43 Å². The van der Waals surface area contributed by atoms with E-state index in [1.54, 1.807) is 23.5 Å². The molecule has 1 fully saturated rings. The molecule has 0 aliphatic carbocycles. The first-order chi connectivity index (χ1) is 12.7. The monoisotopic (exact) mass is 364 g/mol. The lowest BCUT2D eigenvalue weighted by Crippen LogP contribution is -2.36. The highest BCUT2D eigenvalue weighted by atomic mass is 32.1. The van der Waals surface area contributed by atoms with Crippen LogP contribution in [0.1, 0.15) is 0 Å². The van der Waals surface area contributed by atoms with E-state index in [2.05, 4.69) is 29.2 Å². The van der Waals surface area contributed by atoms with E-state index in [1.807, 2.05) is 24.3 Å². The first-order valence-electron chi connectivity index (χ1n) is 8.63. The molecule has 0 radical (unpaired) electrons. The minimum Gasteiger partial charge on any atom is -0.399 e. The predicted octanol–water partition coefficient (Wildman–Crippen LogP) is 3.86. The van der Waals surface area contributed by atoms with Crippen molar-refractivity contribution in [3.8, 4) is 20.9 Å². The summed E-state index contributed by atoms with van der Waals surface area (Å²) >= 11 is 1.62. The third-order valence-corrected chi connectivity index (χ3v) is 5.64. The van der Waals surface area contributed by atoms with Gasteiger partial charge in [-0.05, 0) is 35.4 Å². The summed E-state index contributed by atoms with van der Waals surface area (Å²) in [5.41, 5.74) is 9.75. The van der Waals surface area contributed by atoms with E-state index in [9.17, 15) is 4.79 Å². The molecule has 132 valence electrons. The number of hydrogen-bond donors (Lipinski definition) is 1. The largest absolute Gasteiger partial charge is 0.399 e. The zero-order valence-electron chi connectivity index (χ0n) is 14.4. The lowest BCUT2D eigenvalue weighted by Gasteiger charge is -2.28. The zero-order chi connectivity index (χ0) is 17.9. The number of benzene rings is 2. The van der Waals surface area contributed by atoms with Gasteiger partial charge in [-0.25, -0.2) is 0 Å². The number of ether oxygens (including phenoxy) is 1. The number of hydrogen-bond acceptors (Lipinski definition) is 5. The van der Waals surface area contributed by atoms with Crippen LogP contribution in [0.5, 0.6) is 0 Å². The van der Waals surface area contributed by atoms with Crippen LogP contribution in [0.4, 0.5) is 11.4 Å². The molecule has 0 unspecified atom stereocenters. The van der Waals surface area contributed by atoms with Gasteiger partial charge >= 0.3 is 0 Å². The maximum Gasteiger partial charge on any atom is 0.181 e. The summed E-state index contributed by atoms with van der Waals surface area (Å²) in [6.45, 7) is 3.37. The Morgan fingerprint density at radius 3 is 1.96 bits per heavy atom. The summed E-state index contributed by atoms with van der Waals surface area (Å²) in [5.74, 6) is 0. The van der Waals surface area contributed by atoms with Crippen LogP contribution >= 0.6 is 11.3 Å². The van der Waals surface area contributed by atoms with E-state index in [4.69, 9.17) is 10.5 Å². The Hall–Kier alpha value is -2.63. The molecule has 3 aromatic rings. The number of nitrogen functional groups attached to an aromatic ring is 1. The third kappa shape index (κ3) is 3.64. The summed E-state index contributed by atoms with van der Waals surface area (Å²) in [6, 6.07) is 19.4. The molecule has 0 amide bonds. The Morgan fingerprint density at radius 2 is 1.38 bits per heavy atom. The second-order valence-corrected chi connectivity index (χ2v) is 7.37. The quantitative estimate of drug-likeness (QED) is 0.717. The van der Waals surface area contributed by atoms with Crippen molar-refractivity contribution in [2.75, 3.05) is 36.9 Å². The summed E-state index contributed by atoms with van der Waals surface area (Å²) in [5, 5.41) is 0. The van der Waals surface area contributed by atoms with Crippen molar-refractivity contribution in [2.24, 2.45) is 0 Å². The minimum atomic E-state index is 0.0165. The lowest BCUT2D eigenvalue weighted by molar-refractivity contribution is 0.122. The highest BCUT2D eigenvalue weighted by Crippen LogP contribution is 2.32. The molecule has 2 heterocycles. The van der Waals surface area contributed by atoms with Gasteiger partial charge in [0.2, 0.25) is 0 Å². The molecule has 1 aliphatic heterocycles. The summed E-state index contributed by atoms with van der Waals surface area (Å²) in [4.78, 5) is 16.4. The van der Waals surface area contributed by atoms with Gasteiger partial charge in [0, 0.05) is 46.4 Å².